The number of piperidine rings is 1. The second-order valence-electron chi connectivity index (χ2n) is 10.1. The number of carbonyl (C=O) groups is 2. The van der Waals surface area contributed by atoms with E-state index in [-0.39, 0.29) is 24.2 Å². The molecule has 0 unspecified atom stereocenters. The van der Waals surface area contributed by atoms with Gasteiger partial charge in [-0.05, 0) is 73.4 Å². The molecule has 186 valence electrons. The number of hydrogen-bond acceptors (Lipinski definition) is 4. The van der Waals surface area contributed by atoms with Gasteiger partial charge in [0, 0.05) is 51.0 Å². The predicted octanol–water partition coefficient (Wildman–Crippen LogP) is 3.77. The van der Waals surface area contributed by atoms with Gasteiger partial charge in [0.2, 0.25) is 5.91 Å². The molecule has 0 bridgehead atoms. The highest BCUT2D eigenvalue weighted by molar-refractivity contribution is 5.95. The van der Waals surface area contributed by atoms with E-state index in [4.69, 9.17) is 0 Å². The number of fused-ring (bicyclic) bond motifs is 1. The lowest BCUT2D eigenvalue weighted by Crippen LogP contribution is -2.45. The summed E-state index contributed by atoms with van der Waals surface area (Å²) >= 11 is 0. The maximum atomic E-state index is 13.1. The Labute approximate surface area is 207 Å². The van der Waals surface area contributed by atoms with E-state index in [0.717, 1.165) is 83.4 Å². The van der Waals surface area contributed by atoms with Crippen LogP contribution in [0.4, 0.5) is 14.9 Å². The second kappa shape index (κ2) is 10.8. The number of carbonyl (C=O) groups excluding carboxylic acids is 2. The monoisotopic (exact) mass is 478 g/mol. The molecule has 0 aliphatic carbocycles. The molecule has 2 fully saturated rings. The summed E-state index contributed by atoms with van der Waals surface area (Å²) in [5.41, 5.74) is 4.74. The van der Waals surface area contributed by atoms with Crippen LogP contribution in [0.15, 0.2) is 42.5 Å². The summed E-state index contributed by atoms with van der Waals surface area (Å²) in [6.07, 6.45) is 6.48. The number of urea groups is 1. The van der Waals surface area contributed by atoms with E-state index in [1.807, 2.05) is 18.2 Å². The van der Waals surface area contributed by atoms with Gasteiger partial charge in [-0.1, -0.05) is 24.3 Å². The number of likely N-dealkylation sites (tertiary alicyclic amines) is 2. The van der Waals surface area contributed by atoms with Gasteiger partial charge in [-0.25, -0.2) is 9.18 Å². The number of hydrogen-bond donors (Lipinski definition) is 1. The lowest BCUT2D eigenvalue weighted by Gasteiger charge is -2.38. The second-order valence-corrected chi connectivity index (χ2v) is 10.1. The van der Waals surface area contributed by atoms with Crippen LogP contribution in [0.25, 0.3) is 0 Å². The number of benzene rings is 2. The third kappa shape index (κ3) is 5.84. The molecule has 3 heterocycles. The summed E-state index contributed by atoms with van der Waals surface area (Å²) in [6, 6.07) is 13.4. The average Bonchev–Trinajstić information content (AvgIpc) is 3.54. The molecule has 2 saturated heterocycles. The van der Waals surface area contributed by atoms with Crippen molar-refractivity contribution in [3.8, 4) is 0 Å². The van der Waals surface area contributed by atoms with Gasteiger partial charge in [-0.2, -0.15) is 0 Å². The van der Waals surface area contributed by atoms with Gasteiger partial charge < -0.3 is 14.7 Å². The molecular weight excluding hydrogens is 443 g/mol. The summed E-state index contributed by atoms with van der Waals surface area (Å²) in [5.74, 6) is -0.416. The molecule has 5 rings (SSSR count). The molecule has 7 heteroatoms. The van der Waals surface area contributed by atoms with Crippen LogP contribution < -0.4 is 10.2 Å². The van der Waals surface area contributed by atoms with Crippen LogP contribution >= 0.6 is 0 Å². The van der Waals surface area contributed by atoms with Crippen molar-refractivity contribution in [1.82, 2.24) is 15.1 Å². The lowest BCUT2D eigenvalue weighted by atomic mass is 10.0. The highest BCUT2D eigenvalue weighted by atomic mass is 19.1. The van der Waals surface area contributed by atoms with Crippen molar-refractivity contribution in [2.45, 2.75) is 51.0 Å². The normalized spacial score (nSPS) is 18.7. The number of amides is 3. The predicted molar refractivity (Wildman–Crippen MR) is 135 cm³/mol. The van der Waals surface area contributed by atoms with Gasteiger partial charge >= 0.3 is 6.03 Å². The van der Waals surface area contributed by atoms with Gasteiger partial charge in [-0.15, -0.1) is 0 Å². The van der Waals surface area contributed by atoms with E-state index in [1.54, 1.807) is 4.90 Å². The molecule has 0 atom stereocenters. The number of rotatable bonds is 6. The standard InChI is InChI=1S/C28H35FN4O2/c29-24-7-4-21(5-8-24)9-15-31-16-11-25(12-17-31)33-18-10-23-6-3-22(19-26(23)33)20-27(34)30-28(35)32-13-1-2-14-32/h3-8,19,25H,1-2,9-18,20H2,(H,30,34,35). The lowest BCUT2D eigenvalue weighted by molar-refractivity contribution is -0.119. The molecule has 2 aromatic carbocycles. The summed E-state index contributed by atoms with van der Waals surface area (Å²) in [4.78, 5) is 31.5. The molecule has 3 aliphatic rings. The van der Waals surface area contributed by atoms with Crippen LogP contribution in [0.3, 0.4) is 0 Å². The van der Waals surface area contributed by atoms with Crippen molar-refractivity contribution in [3.05, 3.63) is 65.0 Å². The van der Waals surface area contributed by atoms with Crippen LogP contribution in [0.1, 0.15) is 42.4 Å². The minimum atomic E-state index is -0.263. The fourth-order valence-corrected chi connectivity index (χ4v) is 5.68. The Hall–Kier alpha value is -2.93. The van der Waals surface area contributed by atoms with E-state index in [1.165, 1.54) is 28.9 Å². The zero-order valence-corrected chi connectivity index (χ0v) is 20.3. The molecule has 3 amide bonds. The minimum absolute atomic E-state index is 0.181. The van der Waals surface area contributed by atoms with E-state index >= 15 is 0 Å². The van der Waals surface area contributed by atoms with Crippen molar-refractivity contribution in [3.63, 3.8) is 0 Å². The first-order valence-electron chi connectivity index (χ1n) is 13.0. The fraction of sp³-hybridized carbons (Fsp3) is 0.500. The number of nitrogens with one attached hydrogen (secondary N) is 1. The van der Waals surface area contributed by atoms with Gasteiger partial charge in [0.15, 0.2) is 0 Å². The number of imide groups is 1. The van der Waals surface area contributed by atoms with Crippen molar-refractivity contribution in [2.24, 2.45) is 0 Å². The number of halogens is 1. The Morgan fingerprint density at radius 3 is 2.37 bits per heavy atom. The zero-order chi connectivity index (χ0) is 24.2. The van der Waals surface area contributed by atoms with E-state index in [0.29, 0.717) is 6.04 Å². The van der Waals surface area contributed by atoms with E-state index in [9.17, 15) is 14.0 Å². The number of anilines is 1. The van der Waals surface area contributed by atoms with Crippen LogP contribution in [-0.4, -0.2) is 67.0 Å². The summed E-state index contributed by atoms with van der Waals surface area (Å²) in [7, 11) is 0. The molecule has 1 N–H and O–H groups in total. The van der Waals surface area contributed by atoms with E-state index < -0.39 is 0 Å². The van der Waals surface area contributed by atoms with Crippen molar-refractivity contribution in [2.75, 3.05) is 44.2 Å². The Balaban J connectivity index is 1.13. The molecule has 35 heavy (non-hydrogen) atoms. The molecule has 0 aromatic heterocycles. The third-order valence-corrected chi connectivity index (χ3v) is 7.71. The number of nitrogens with zero attached hydrogens (tertiary/aromatic N) is 3. The SMILES string of the molecule is O=C(Cc1ccc2c(c1)N(C1CCN(CCc3ccc(F)cc3)CC1)CC2)NC(=O)N1CCCC1. The van der Waals surface area contributed by atoms with Crippen molar-refractivity contribution < 1.29 is 14.0 Å². The molecule has 3 aliphatic heterocycles. The first-order valence-corrected chi connectivity index (χ1v) is 13.0. The molecule has 6 nitrogen and oxygen atoms in total. The maximum Gasteiger partial charge on any atom is 0.324 e. The van der Waals surface area contributed by atoms with Gasteiger partial charge in [0.25, 0.3) is 0 Å². The smallest absolute Gasteiger partial charge is 0.324 e. The molecule has 0 saturated carbocycles. The molecule has 2 aromatic rings. The van der Waals surface area contributed by atoms with Crippen molar-refractivity contribution in [1.29, 1.82) is 0 Å². The first-order chi connectivity index (χ1) is 17.0. The topological polar surface area (TPSA) is 55.9 Å². The van der Waals surface area contributed by atoms with Gasteiger partial charge in [-0.3, -0.25) is 10.1 Å². The van der Waals surface area contributed by atoms with Crippen LogP contribution in [0.2, 0.25) is 0 Å². The van der Waals surface area contributed by atoms with Crippen LogP contribution in [-0.2, 0) is 24.1 Å². The Bertz CT molecular complexity index is 1040. The van der Waals surface area contributed by atoms with Gasteiger partial charge in [0.1, 0.15) is 5.82 Å². The summed E-state index contributed by atoms with van der Waals surface area (Å²) in [6.45, 7) is 5.63. The molecule has 0 radical (unpaired) electrons. The first kappa shape index (κ1) is 23.8. The van der Waals surface area contributed by atoms with Crippen LogP contribution in [0, 0.1) is 5.82 Å². The molecule has 0 spiro atoms. The highest BCUT2D eigenvalue weighted by Crippen LogP contribution is 2.33. The van der Waals surface area contributed by atoms with E-state index in [2.05, 4.69) is 27.2 Å². The summed E-state index contributed by atoms with van der Waals surface area (Å²) < 4.78 is 13.1. The Morgan fingerprint density at radius 2 is 1.63 bits per heavy atom. The van der Waals surface area contributed by atoms with Crippen molar-refractivity contribution >= 4 is 17.6 Å². The highest BCUT2D eigenvalue weighted by Gasteiger charge is 2.29. The molecular formula is C28H35FN4O2. The Kier molecular flexibility index (Phi) is 7.32. The quantitative estimate of drug-likeness (QED) is 0.687. The zero-order valence-electron chi connectivity index (χ0n) is 20.3. The fourth-order valence-electron chi connectivity index (χ4n) is 5.68. The Morgan fingerprint density at radius 1 is 0.914 bits per heavy atom. The maximum absolute atomic E-state index is 13.1. The minimum Gasteiger partial charge on any atom is -0.368 e. The van der Waals surface area contributed by atoms with Crippen LogP contribution in [0.5, 0.6) is 0 Å². The average molecular weight is 479 g/mol. The largest absolute Gasteiger partial charge is 0.368 e. The van der Waals surface area contributed by atoms with Gasteiger partial charge in [0.05, 0.1) is 6.42 Å². The summed E-state index contributed by atoms with van der Waals surface area (Å²) in [5, 5.41) is 2.55. The third-order valence-electron chi connectivity index (χ3n) is 7.71.